The smallest absolute Gasteiger partial charge is 0.240 e. The summed E-state index contributed by atoms with van der Waals surface area (Å²) in [5, 5.41) is 6.43. The highest BCUT2D eigenvalue weighted by Gasteiger charge is 2.30. The molecular weight excluding hydrogens is 363 g/mol. The van der Waals surface area contributed by atoms with Gasteiger partial charge in [0, 0.05) is 44.6 Å². The number of hydrogen-bond acceptors (Lipinski definition) is 5. The van der Waals surface area contributed by atoms with Crippen molar-refractivity contribution in [3.8, 4) is 0 Å². The van der Waals surface area contributed by atoms with Gasteiger partial charge in [-0.25, -0.2) is 0 Å². The Morgan fingerprint density at radius 3 is 2.64 bits per heavy atom. The minimum Gasteiger partial charge on any atom is -0.375 e. The Morgan fingerprint density at radius 1 is 1.32 bits per heavy atom. The third-order valence-electron chi connectivity index (χ3n) is 4.69. The van der Waals surface area contributed by atoms with Gasteiger partial charge in [0.05, 0.1) is 12.7 Å². The molecule has 25 heavy (non-hydrogen) atoms. The van der Waals surface area contributed by atoms with E-state index in [1.807, 2.05) is 19.3 Å². The first kappa shape index (κ1) is 22.1. The molecule has 0 bridgehead atoms. The maximum atomic E-state index is 12.4. The Kier molecular flexibility index (Phi) is 9.67. The van der Waals surface area contributed by atoms with Gasteiger partial charge in [0.1, 0.15) is 6.04 Å². The largest absolute Gasteiger partial charge is 0.375 e. The summed E-state index contributed by atoms with van der Waals surface area (Å²) < 4.78 is 5.55. The monoisotopic (exact) mass is 390 g/mol. The van der Waals surface area contributed by atoms with Crippen molar-refractivity contribution in [3.63, 3.8) is 0 Å². The molecule has 3 heterocycles. The number of nitrogens with one attached hydrogen (secondary N) is 2. The first-order valence-electron chi connectivity index (χ1n) is 8.49. The van der Waals surface area contributed by atoms with Crippen LogP contribution in [0, 0.1) is 0 Å². The normalized spacial score (nSPS) is 24.7. The van der Waals surface area contributed by atoms with Crippen LogP contribution < -0.4 is 10.6 Å². The van der Waals surface area contributed by atoms with Crippen LogP contribution in [0.15, 0.2) is 24.5 Å². The third-order valence-corrected chi connectivity index (χ3v) is 4.69. The lowest BCUT2D eigenvalue weighted by Crippen LogP contribution is -2.58. The van der Waals surface area contributed by atoms with E-state index in [0.29, 0.717) is 6.61 Å². The quantitative estimate of drug-likeness (QED) is 0.812. The third kappa shape index (κ3) is 6.38. The van der Waals surface area contributed by atoms with Crippen LogP contribution in [-0.2, 0) is 16.1 Å². The molecule has 1 aromatic heterocycles. The minimum absolute atomic E-state index is 0. The number of rotatable bonds is 4. The molecule has 6 nitrogen and oxygen atoms in total. The van der Waals surface area contributed by atoms with Crippen LogP contribution in [0.25, 0.3) is 0 Å². The van der Waals surface area contributed by atoms with Gasteiger partial charge in [-0.2, -0.15) is 0 Å². The van der Waals surface area contributed by atoms with Crippen molar-refractivity contribution in [2.75, 3.05) is 26.2 Å². The molecule has 8 heteroatoms. The Bertz CT molecular complexity index is 513. The summed E-state index contributed by atoms with van der Waals surface area (Å²) in [6, 6.07) is 4.17. The number of pyridine rings is 1. The summed E-state index contributed by atoms with van der Waals surface area (Å²) in [6.45, 7) is 6.35. The number of piperidine rings is 1. The molecule has 2 saturated heterocycles. The second kappa shape index (κ2) is 10.9. The summed E-state index contributed by atoms with van der Waals surface area (Å²) in [5.74, 6) is 0.0739. The molecule has 2 atom stereocenters. The predicted molar refractivity (Wildman–Crippen MR) is 102 cm³/mol. The van der Waals surface area contributed by atoms with E-state index >= 15 is 0 Å². The number of nitrogens with zero attached hydrogens (tertiary/aromatic N) is 2. The summed E-state index contributed by atoms with van der Waals surface area (Å²) >= 11 is 0. The van der Waals surface area contributed by atoms with Gasteiger partial charge >= 0.3 is 0 Å². The number of carbonyl (C=O) groups is 1. The molecule has 1 amide bonds. The highest BCUT2D eigenvalue weighted by molar-refractivity contribution is 5.85. The molecule has 0 aliphatic carbocycles. The first-order chi connectivity index (χ1) is 11.2. The van der Waals surface area contributed by atoms with Gasteiger partial charge in [-0.15, -0.1) is 24.8 Å². The number of hydrogen-bond donors (Lipinski definition) is 2. The molecule has 0 spiro atoms. The van der Waals surface area contributed by atoms with Crippen LogP contribution in [0.4, 0.5) is 0 Å². The fourth-order valence-corrected chi connectivity index (χ4v) is 3.30. The van der Waals surface area contributed by atoms with Gasteiger partial charge < -0.3 is 15.4 Å². The Labute approximate surface area is 161 Å². The number of ether oxygens (including phenoxy) is 1. The van der Waals surface area contributed by atoms with Crippen molar-refractivity contribution in [2.24, 2.45) is 0 Å². The standard InChI is InChI=1S/C17H26N4O2.2ClH/c1-13-16(19-8-11-23-13)17(22)20-15-4-9-21(10-5-15)12-14-2-6-18-7-3-14;;/h2-3,6-7,13,15-16,19H,4-5,8-12H2,1H3,(H,20,22);2*1H/t13-,16+;;/m1../s1. The zero-order chi connectivity index (χ0) is 16.1. The second-order valence-corrected chi connectivity index (χ2v) is 6.42. The molecule has 3 rings (SSSR count). The molecule has 2 fully saturated rings. The maximum absolute atomic E-state index is 12.4. The number of aromatic nitrogens is 1. The molecule has 0 radical (unpaired) electrons. The molecule has 2 aliphatic rings. The molecule has 2 N–H and O–H groups in total. The summed E-state index contributed by atoms with van der Waals surface area (Å²) in [4.78, 5) is 18.9. The fraction of sp³-hybridized carbons (Fsp3) is 0.647. The van der Waals surface area contributed by atoms with Crippen LogP contribution in [0.1, 0.15) is 25.3 Å². The van der Waals surface area contributed by atoms with E-state index in [1.54, 1.807) is 0 Å². The zero-order valence-corrected chi connectivity index (χ0v) is 16.2. The van der Waals surface area contributed by atoms with E-state index in [0.717, 1.165) is 39.0 Å². The summed E-state index contributed by atoms with van der Waals surface area (Å²) in [5.41, 5.74) is 1.29. The first-order valence-corrected chi connectivity index (χ1v) is 8.49. The summed E-state index contributed by atoms with van der Waals surface area (Å²) in [6.07, 6.45) is 5.61. The van der Waals surface area contributed by atoms with Crippen LogP contribution in [-0.4, -0.2) is 60.2 Å². The Balaban J connectivity index is 0.00000156. The van der Waals surface area contributed by atoms with E-state index in [1.165, 1.54) is 5.56 Å². The SMILES string of the molecule is C[C@H]1OCCN[C@@H]1C(=O)NC1CCN(Cc2ccncc2)CC1.Cl.Cl. The van der Waals surface area contributed by atoms with Gasteiger partial charge in [0.25, 0.3) is 0 Å². The molecule has 2 aliphatic heterocycles. The Morgan fingerprint density at radius 2 is 2.00 bits per heavy atom. The van der Waals surface area contributed by atoms with Crippen molar-refractivity contribution in [1.82, 2.24) is 20.5 Å². The highest BCUT2D eigenvalue weighted by Crippen LogP contribution is 2.14. The van der Waals surface area contributed by atoms with Crippen molar-refractivity contribution in [3.05, 3.63) is 30.1 Å². The Hall–Kier alpha value is -0.920. The second-order valence-electron chi connectivity index (χ2n) is 6.42. The van der Waals surface area contributed by atoms with Gasteiger partial charge in [-0.1, -0.05) is 0 Å². The summed E-state index contributed by atoms with van der Waals surface area (Å²) in [7, 11) is 0. The van der Waals surface area contributed by atoms with Gasteiger partial charge in [0.2, 0.25) is 5.91 Å². The van der Waals surface area contributed by atoms with Crippen LogP contribution in [0.3, 0.4) is 0 Å². The van der Waals surface area contributed by atoms with Gasteiger partial charge in [0.15, 0.2) is 0 Å². The van der Waals surface area contributed by atoms with E-state index in [4.69, 9.17) is 4.74 Å². The number of likely N-dealkylation sites (tertiary alicyclic amines) is 1. The molecule has 0 aromatic carbocycles. The van der Waals surface area contributed by atoms with E-state index in [9.17, 15) is 4.79 Å². The molecule has 1 aromatic rings. The van der Waals surface area contributed by atoms with Crippen LogP contribution >= 0.6 is 24.8 Å². The van der Waals surface area contributed by atoms with E-state index in [2.05, 4.69) is 32.7 Å². The number of halogens is 2. The number of amides is 1. The minimum atomic E-state index is -0.224. The molecule has 142 valence electrons. The van der Waals surface area contributed by atoms with Gasteiger partial charge in [-0.3, -0.25) is 14.7 Å². The number of morpholine rings is 1. The van der Waals surface area contributed by atoms with E-state index < -0.39 is 0 Å². The molecule has 0 unspecified atom stereocenters. The van der Waals surface area contributed by atoms with Crippen molar-refractivity contribution >= 4 is 30.7 Å². The molecule has 0 saturated carbocycles. The molecular formula is C17H28Cl2N4O2. The van der Waals surface area contributed by atoms with Crippen LogP contribution in [0.2, 0.25) is 0 Å². The van der Waals surface area contributed by atoms with Crippen molar-refractivity contribution in [2.45, 2.75) is 44.5 Å². The zero-order valence-electron chi connectivity index (χ0n) is 14.5. The van der Waals surface area contributed by atoms with Crippen LogP contribution in [0.5, 0.6) is 0 Å². The topological polar surface area (TPSA) is 66.5 Å². The lowest BCUT2D eigenvalue weighted by Gasteiger charge is -2.35. The van der Waals surface area contributed by atoms with Gasteiger partial charge in [-0.05, 0) is 37.5 Å². The van der Waals surface area contributed by atoms with Crippen molar-refractivity contribution < 1.29 is 9.53 Å². The van der Waals surface area contributed by atoms with E-state index in [-0.39, 0.29) is 48.9 Å². The highest BCUT2D eigenvalue weighted by atomic mass is 35.5. The number of carbonyl (C=O) groups excluding carboxylic acids is 1. The average Bonchev–Trinajstić information content (AvgIpc) is 2.58. The fourth-order valence-electron chi connectivity index (χ4n) is 3.30. The predicted octanol–water partition coefficient (Wildman–Crippen LogP) is 1.38. The lowest BCUT2D eigenvalue weighted by molar-refractivity contribution is -0.130. The average molecular weight is 391 g/mol. The maximum Gasteiger partial charge on any atom is 0.240 e. The lowest BCUT2D eigenvalue weighted by atomic mass is 10.0. The van der Waals surface area contributed by atoms with Crippen molar-refractivity contribution in [1.29, 1.82) is 0 Å².